The molecule has 1 aromatic heterocycles. The van der Waals surface area contributed by atoms with Gasteiger partial charge in [-0.25, -0.2) is 13.9 Å². The summed E-state index contributed by atoms with van der Waals surface area (Å²) in [6.07, 6.45) is 2.82. The fourth-order valence-corrected chi connectivity index (χ4v) is 4.83. The van der Waals surface area contributed by atoms with Gasteiger partial charge in [0.15, 0.2) is 5.82 Å². The highest BCUT2D eigenvalue weighted by atomic mass is 79.9. The van der Waals surface area contributed by atoms with Crippen LogP contribution in [0.3, 0.4) is 0 Å². The summed E-state index contributed by atoms with van der Waals surface area (Å²) in [5, 5.41) is 21.4. The number of nitrogens with zero attached hydrogens (tertiary/aromatic N) is 3. The number of aromatic nitrogens is 4. The Morgan fingerprint density at radius 3 is 2.35 bits per heavy atom. The minimum Gasteiger partial charge on any atom is -0.347 e. The van der Waals surface area contributed by atoms with E-state index in [4.69, 9.17) is 0 Å². The summed E-state index contributed by atoms with van der Waals surface area (Å²) in [5.41, 5.74) is 0.285. The van der Waals surface area contributed by atoms with Crippen molar-refractivity contribution in [1.29, 1.82) is 0 Å². The molecule has 2 fully saturated rings. The van der Waals surface area contributed by atoms with Gasteiger partial charge in [0.05, 0.1) is 18.1 Å². The average Bonchev–Trinajstić information content (AvgIpc) is 3.29. The number of tetrazole rings is 1. The molecule has 0 aliphatic heterocycles. The number of hydrogen-bond donors (Lipinski definition) is 4. The lowest BCUT2D eigenvalue weighted by Gasteiger charge is -2.26. The molecule has 2 amide bonds. The summed E-state index contributed by atoms with van der Waals surface area (Å²) < 4.78 is 28.9. The van der Waals surface area contributed by atoms with E-state index in [2.05, 4.69) is 52.5 Å². The zero-order valence-corrected chi connectivity index (χ0v) is 21.7. The largest absolute Gasteiger partial charge is 0.347 e. The third-order valence-electron chi connectivity index (χ3n) is 6.78. The number of Topliss-reactive ketones (excluding diaryl/α,β-unsaturated/α-hetero) is 1. The van der Waals surface area contributed by atoms with Crippen molar-refractivity contribution in [1.82, 2.24) is 36.6 Å². The number of amides is 2. The molecule has 0 bridgehead atoms. The molecule has 3 atom stereocenters. The lowest BCUT2D eigenvalue weighted by atomic mass is 10.0. The molecule has 4 N–H and O–H groups in total. The van der Waals surface area contributed by atoms with Gasteiger partial charge in [-0.2, -0.15) is 0 Å². The van der Waals surface area contributed by atoms with Crippen molar-refractivity contribution in [3.63, 3.8) is 0 Å². The summed E-state index contributed by atoms with van der Waals surface area (Å²) in [4.78, 5) is 39.1. The molecule has 37 heavy (non-hydrogen) atoms. The van der Waals surface area contributed by atoms with Crippen molar-refractivity contribution in [2.45, 2.75) is 82.0 Å². The van der Waals surface area contributed by atoms with Crippen LogP contribution < -0.4 is 16.0 Å². The van der Waals surface area contributed by atoms with Crippen molar-refractivity contribution in [2.75, 3.05) is 0 Å². The standard InChI is InChI=1S/C24H30BrF2N7O3/c25-15-9-7-14(8-10-15)20(22(26)27)29-18(12-19-31-33-34-32-19)23(36)30-17(11-13-5-6-13)21(35)24(37)28-16-3-1-2-4-16/h7-10,13,16-18,20,22,29H,1-6,11-12H2,(H,28,37)(H,30,36)(H,31,32,33,34)/t17-,18-,20-/m0/s1. The quantitative estimate of drug-likeness (QED) is 0.266. The first kappa shape index (κ1) is 27.2. The topological polar surface area (TPSA) is 142 Å². The number of alkyl halides is 2. The van der Waals surface area contributed by atoms with Gasteiger partial charge >= 0.3 is 0 Å². The number of aromatic amines is 1. The van der Waals surface area contributed by atoms with Crippen molar-refractivity contribution in [3.8, 4) is 0 Å². The summed E-state index contributed by atoms with van der Waals surface area (Å²) in [7, 11) is 0. The van der Waals surface area contributed by atoms with E-state index in [-0.39, 0.29) is 29.8 Å². The van der Waals surface area contributed by atoms with E-state index >= 15 is 0 Å². The molecule has 2 aliphatic carbocycles. The lowest BCUT2D eigenvalue weighted by molar-refractivity contribution is -0.140. The fourth-order valence-electron chi connectivity index (χ4n) is 4.56. The van der Waals surface area contributed by atoms with Gasteiger partial charge in [-0.1, -0.05) is 53.7 Å². The van der Waals surface area contributed by atoms with Gasteiger partial charge in [0.2, 0.25) is 11.7 Å². The van der Waals surface area contributed by atoms with Crippen LogP contribution in [0.15, 0.2) is 28.7 Å². The zero-order valence-electron chi connectivity index (χ0n) is 20.1. The van der Waals surface area contributed by atoms with E-state index in [1.165, 1.54) is 12.1 Å². The van der Waals surface area contributed by atoms with E-state index < -0.39 is 42.1 Å². The van der Waals surface area contributed by atoms with Crippen molar-refractivity contribution in [3.05, 3.63) is 40.1 Å². The van der Waals surface area contributed by atoms with Gasteiger partial charge in [-0.05, 0) is 53.3 Å². The van der Waals surface area contributed by atoms with Gasteiger partial charge in [0.25, 0.3) is 12.3 Å². The molecule has 13 heteroatoms. The maximum atomic E-state index is 14.1. The Morgan fingerprint density at radius 2 is 1.76 bits per heavy atom. The number of nitrogens with one attached hydrogen (secondary N) is 4. The Hall–Kier alpha value is -2.80. The zero-order chi connectivity index (χ0) is 26.4. The normalized spacial score (nSPS) is 18.4. The molecule has 0 unspecified atom stereocenters. The third kappa shape index (κ3) is 7.84. The minimum atomic E-state index is -2.83. The molecule has 200 valence electrons. The van der Waals surface area contributed by atoms with Gasteiger partial charge in [0, 0.05) is 16.9 Å². The number of benzene rings is 1. The van der Waals surface area contributed by atoms with Crippen LogP contribution in [0, 0.1) is 5.92 Å². The Bertz CT molecular complexity index is 1060. The van der Waals surface area contributed by atoms with E-state index in [1.807, 2.05) is 0 Å². The van der Waals surface area contributed by atoms with Gasteiger partial charge in [-0.3, -0.25) is 19.7 Å². The van der Waals surface area contributed by atoms with E-state index in [0.29, 0.717) is 6.42 Å². The van der Waals surface area contributed by atoms with Gasteiger partial charge < -0.3 is 10.6 Å². The Labute approximate surface area is 221 Å². The maximum Gasteiger partial charge on any atom is 0.289 e. The molecular weight excluding hydrogens is 552 g/mol. The highest BCUT2D eigenvalue weighted by Gasteiger charge is 2.37. The second-order valence-corrected chi connectivity index (χ2v) is 10.6. The molecule has 2 aliphatic rings. The first-order valence-corrected chi connectivity index (χ1v) is 13.3. The second kappa shape index (κ2) is 12.6. The van der Waals surface area contributed by atoms with Crippen molar-refractivity contribution >= 4 is 33.5 Å². The van der Waals surface area contributed by atoms with Crippen LogP contribution in [-0.2, 0) is 20.8 Å². The van der Waals surface area contributed by atoms with E-state index in [9.17, 15) is 23.2 Å². The van der Waals surface area contributed by atoms with Crippen LogP contribution >= 0.6 is 15.9 Å². The first-order valence-electron chi connectivity index (χ1n) is 12.5. The molecule has 2 aromatic rings. The van der Waals surface area contributed by atoms with Crippen molar-refractivity contribution < 1.29 is 23.2 Å². The number of hydrogen-bond acceptors (Lipinski definition) is 7. The fraction of sp³-hybridized carbons (Fsp3) is 0.583. The number of rotatable bonds is 13. The predicted octanol–water partition coefficient (Wildman–Crippen LogP) is 2.38. The summed E-state index contributed by atoms with van der Waals surface area (Å²) in [5.74, 6) is -1.69. The van der Waals surface area contributed by atoms with Crippen LogP contribution in [0.5, 0.6) is 0 Å². The number of H-pyrrole nitrogens is 1. The number of carbonyl (C=O) groups is 3. The molecule has 10 nitrogen and oxygen atoms in total. The van der Waals surface area contributed by atoms with Crippen LogP contribution in [-0.4, -0.2) is 62.8 Å². The molecule has 0 radical (unpaired) electrons. The highest BCUT2D eigenvalue weighted by Crippen LogP contribution is 2.34. The summed E-state index contributed by atoms with van der Waals surface area (Å²) >= 11 is 3.29. The molecule has 0 spiro atoms. The van der Waals surface area contributed by atoms with E-state index in [1.54, 1.807) is 12.1 Å². The number of halogens is 3. The first-order chi connectivity index (χ1) is 17.8. The predicted molar refractivity (Wildman–Crippen MR) is 132 cm³/mol. The molecule has 1 aromatic carbocycles. The van der Waals surface area contributed by atoms with Gasteiger partial charge in [-0.15, -0.1) is 5.10 Å². The Balaban J connectivity index is 1.50. The number of ketones is 1. The minimum absolute atomic E-state index is 0.0418. The van der Waals surface area contributed by atoms with E-state index in [0.717, 1.165) is 43.0 Å². The monoisotopic (exact) mass is 581 g/mol. The van der Waals surface area contributed by atoms with Crippen LogP contribution in [0.25, 0.3) is 0 Å². The van der Waals surface area contributed by atoms with Crippen LogP contribution in [0.1, 0.15) is 62.4 Å². The molecule has 1 heterocycles. The SMILES string of the molecule is O=C(NC1CCCC1)C(=O)[C@H](CC1CC1)NC(=O)[C@H](Cc1nnn[nH]1)N[C@@H](c1ccc(Br)cc1)C(F)F. The van der Waals surface area contributed by atoms with Crippen LogP contribution in [0.4, 0.5) is 8.78 Å². The lowest BCUT2D eigenvalue weighted by Crippen LogP contribution is -2.55. The summed E-state index contributed by atoms with van der Waals surface area (Å²) in [6, 6.07) is 2.57. The van der Waals surface area contributed by atoms with Crippen molar-refractivity contribution in [2.24, 2.45) is 5.92 Å². The molecular formula is C24H30BrF2N7O3. The van der Waals surface area contributed by atoms with Crippen LogP contribution in [0.2, 0.25) is 0 Å². The maximum absolute atomic E-state index is 14.1. The smallest absolute Gasteiger partial charge is 0.289 e. The molecule has 2 saturated carbocycles. The summed E-state index contributed by atoms with van der Waals surface area (Å²) in [6.45, 7) is 0. The Kier molecular flexibility index (Phi) is 9.30. The highest BCUT2D eigenvalue weighted by molar-refractivity contribution is 9.10. The molecule has 0 saturated heterocycles. The third-order valence-corrected chi connectivity index (χ3v) is 7.31. The second-order valence-electron chi connectivity index (χ2n) is 9.69. The number of carbonyl (C=O) groups excluding carboxylic acids is 3. The molecule has 4 rings (SSSR count). The Morgan fingerprint density at radius 1 is 1.05 bits per heavy atom. The average molecular weight is 582 g/mol. The van der Waals surface area contributed by atoms with Gasteiger partial charge in [0.1, 0.15) is 0 Å².